The minimum absolute atomic E-state index is 0.0433. The quantitative estimate of drug-likeness (QED) is 0.508. The van der Waals surface area contributed by atoms with Crippen molar-refractivity contribution >= 4 is 0 Å². The van der Waals surface area contributed by atoms with E-state index in [2.05, 4.69) is 6.92 Å². The van der Waals surface area contributed by atoms with Crippen molar-refractivity contribution in [1.29, 1.82) is 0 Å². The smallest absolute Gasteiger partial charge is 0.114 e. The highest BCUT2D eigenvalue weighted by Crippen LogP contribution is 2.25. The molecule has 5 nitrogen and oxygen atoms in total. The molecule has 0 saturated carbocycles. The van der Waals surface area contributed by atoms with Gasteiger partial charge in [-0.1, -0.05) is 6.92 Å². The first-order chi connectivity index (χ1) is 8.33. The minimum atomic E-state index is -0.0433. The summed E-state index contributed by atoms with van der Waals surface area (Å²) in [6, 6.07) is 0. The molecule has 0 amide bonds. The first-order valence-corrected chi connectivity index (χ1v) is 6.19. The van der Waals surface area contributed by atoms with Gasteiger partial charge in [-0.3, -0.25) is 0 Å². The van der Waals surface area contributed by atoms with E-state index in [-0.39, 0.29) is 5.60 Å². The Balaban J connectivity index is 1.81. The summed E-state index contributed by atoms with van der Waals surface area (Å²) in [5.41, 5.74) is -0.0433. The summed E-state index contributed by atoms with van der Waals surface area (Å²) in [5, 5.41) is 0. The molecule has 1 saturated heterocycles. The monoisotopic (exact) mass is 248 g/mol. The normalized spacial score (nSPS) is 18.0. The molecule has 0 radical (unpaired) electrons. The number of hydrogen-bond acceptors (Lipinski definition) is 5. The van der Waals surface area contributed by atoms with Crippen LogP contribution in [0.15, 0.2) is 0 Å². The molecular weight excluding hydrogens is 224 g/mol. The van der Waals surface area contributed by atoms with Crippen molar-refractivity contribution in [3.8, 4) is 0 Å². The van der Waals surface area contributed by atoms with Crippen molar-refractivity contribution in [2.45, 2.75) is 18.9 Å². The standard InChI is InChI=1S/C12H24O5/c1-3-12(10-16-11-12)17-9-8-15-7-6-14-5-4-13-2/h3-11H2,1-2H3. The second kappa shape index (κ2) is 8.83. The van der Waals surface area contributed by atoms with E-state index < -0.39 is 0 Å². The van der Waals surface area contributed by atoms with Gasteiger partial charge in [0.2, 0.25) is 0 Å². The molecule has 0 aliphatic carbocycles. The largest absolute Gasteiger partial charge is 0.382 e. The highest BCUT2D eigenvalue weighted by molar-refractivity contribution is 4.85. The second-order valence-corrected chi connectivity index (χ2v) is 4.10. The van der Waals surface area contributed by atoms with Crippen LogP contribution >= 0.6 is 0 Å². The zero-order chi connectivity index (χ0) is 12.4. The molecule has 1 fully saturated rings. The fourth-order valence-electron chi connectivity index (χ4n) is 1.50. The molecule has 17 heavy (non-hydrogen) atoms. The molecule has 0 atom stereocenters. The van der Waals surface area contributed by atoms with Gasteiger partial charge in [-0.25, -0.2) is 0 Å². The number of methoxy groups -OCH3 is 1. The molecule has 0 N–H and O–H groups in total. The van der Waals surface area contributed by atoms with Crippen LogP contribution in [0.5, 0.6) is 0 Å². The topological polar surface area (TPSA) is 46.2 Å². The van der Waals surface area contributed by atoms with E-state index in [1.165, 1.54) is 0 Å². The van der Waals surface area contributed by atoms with Crippen LogP contribution in [0, 0.1) is 0 Å². The van der Waals surface area contributed by atoms with E-state index in [4.69, 9.17) is 23.7 Å². The lowest BCUT2D eigenvalue weighted by Gasteiger charge is -2.40. The fourth-order valence-corrected chi connectivity index (χ4v) is 1.50. The van der Waals surface area contributed by atoms with Gasteiger partial charge in [0.25, 0.3) is 0 Å². The maximum Gasteiger partial charge on any atom is 0.114 e. The summed E-state index contributed by atoms with van der Waals surface area (Å²) in [5.74, 6) is 0. The molecule has 102 valence electrons. The zero-order valence-electron chi connectivity index (χ0n) is 10.9. The first-order valence-electron chi connectivity index (χ1n) is 6.19. The van der Waals surface area contributed by atoms with Crippen LogP contribution in [0.1, 0.15) is 13.3 Å². The summed E-state index contributed by atoms with van der Waals surface area (Å²) < 4.78 is 26.4. The predicted octanol–water partition coefficient (Wildman–Crippen LogP) is 0.862. The van der Waals surface area contributed by atoms with Gasteiger partial charge < -0.3 is 23.7 Å². The number of rotatable bonds is 11. The van der Waals surface area contributed by atoms with Gasteiger partial charge in [-0.05, 0) is 6.42 Å². The Morgan fingerprint density at radius 3 is 2.00 bits per heavy atom. The van der Waals surface area contributed by atoms with Gasteiger partial charge in [0.1, 0.15) is 5.60 Å². The highest BCUT2D eigenvalue weighted by atomic mass is 16.6. The Morgan fingerprint density at radius 2 is 1.53 bits per heavy atom. The predicted molar refractivity (Wildman–Crippen MR) is 63.3 cm³/mol. The third-order valence-electron chi connectivity index (χ3n) is 2.81. The van der Waals surface area contributed by atoms with Crippen molar-refractivity contribution in [3.05, 3.63) is 0 Å². The second-order valence-electron chi connectivity index (χ2n) is 4.10. The van der Waals surface area contributed by atoms with E-state index in [9.17, 15) is 0 Å². The van der Waals surface area contributed by atoms with Gasteiger partial charge in [0.15, 0.2) is 0 Å². The molecule has 1 rings (SSSR count). The Hall–Kier alpha value is -0.200. The maximum absolute atomic E-state index is 5.75. The zero-order valence-corrected chi connectivity index (χ0v) is 10.9. The average Bonchev–Trinajstić information content (AvgIpc) is 2.30. The highest BCUT2D eigenvalue weighted by Gasteiger charge is 2.37. The van der Waals surface area contributed by atoms with Gasteiger partial charge in [0.05, 0.1) is 52.9 Å². The van der Waals surface area contributed by atoms with Crippen LogP contribution in [-0.4, -0.2) is 65.6 Å². The Morgan fingerprint density at radius 1 is 0.941 bits per heavy atom. The van der Waals surface area contributed by atoms with Crippen molar-refractivity contribution in [1.82, 2.24) is 0 Å². The molecule has 0 aromatic heterocycles. The molecule has 0 aromatic rings. The molecule has 1 heterocycles. The van der Waals surface area contributed by atoms with Crippen LogP contribution < -0.4 is 0 Å². The third-order valence-corrected chi connectivity index (χ3v) is 2.81. The van der Waals surface area contributed by atoms with Crippen LogP contribution in [0.4, 0.5) is 0 Å². The van der Waals surface area contributed by atoms with Crippen molar-refractivity contribution < 1.29 is 23.7 Å². The Bertz CT molecular complexity index is 176. The van der Waals surface area contributed by atoms with E-state index in [1.54, 1.807) is 7.11 Å². The molecule has 0 unspecified atom stereocenters. The lowest BCUT2D eigenvalue weighted by atomic mass is 9.99. The van der Waals surface area contributed by atoms with E-state index in [0.29, 0.717) is 52.9 Å². The van der Waals surface area contributed by atoms with Gasteiger partial charge >= 0.3 is 0 Å². The summed E-state index contributed by atoms with van der Waals surface area (Å²) in [6.45, 7) is 7.22. The summed E-state index contributed by atoms with van der Waals surface area (Å²) in [4.78, 5) is 0. The van der Waals surface area contributed by atoms with Gasteiger partial charge in [0, 0.05) is 7.11 Å². The summed E-state index contributed by atoms with van der Waals surface area (Å²) in [6.07, 6.45) is 0.993. The molecule has 1 aliphatic heterocycles. The molecule has 0 aromatic carbocycles. The van der Waals surface area contributed by atoms with Crippen LogP contribution in [0.3, 0.4) is 0 Å². The Labute approximate surface area is 103 Å². The molecule has 5 heteroatoms. The fraction of sp³-hybridized carbons (Fsp3) is 1.00. The molecular formula is C12H24O5. The van der Waals surface area contributed by atoms with Crippen molar-refractivity contribution in [2.75, 3.05) is 60.0 Å². The maximum atomic E-state index is 5.75. The SMILES string of the molecule is CCC1(OCCOCCOCCOC)COC1. The summed E-state index contributed by atoms with van der Waals surface area (Å²) >= 11 is 0. The van der Waals surface area contributed by atoms with E-state index in [0.717, 1.165) is 6.42 Å². The van der Waals surface area contributed by atoms with E-state index in [1.807, 2.05) is 0 Å². The molecule has 0 spiro atoms. The molecule has 0 bridgehead atoms. The Kier molecular flexibility index (Phi) is 7.72. The summed E-state index contributed by atoms with van der Waals surface area (Å²) in [7, 11) is 1.66. The third kappa shape index (κ3) is 5.79. The van der Waals surface area contributed by atoms with Gasteiger partial charge in [-0.2, -0.15) is 0 Å². The minimum Gasteiger partial charge on any atom is -0.382 e. The molecule has 1 aliphatic rings. The number of ether oxygens (including phenoxy) is 5. The average molecular weight is 248 g/mol. The lowest BCUT2D eigenvalue weighted by molar-refractivity contribution is -0.215. The van der Waals surface area contributed by atoms with E-state index >= 15 is 0 Å². The van der Waals surface area contributed by atoms with Crippen molar-refractivity contribution in [3.63, 3.8) is 0 Å². The van der Waals surface area contributed by atoms with Crippen LogP contribution in [0.2, 0.25) is 0 Å². The number of hydrogen-bond donors (Lipinski definition) is 0. The van der Waals surface area contributed by atoms with Crippen LogP contribution in [0.25, 0.3) is 0 Å². The van der Waals surface area contributed by atoms with Crippen molar-refractivity contribution in [2.24, 2.45) is 0 Å². The lowest BCUT2D eigenvalue weighted by Crippen LogP contribution is -2.51. The van der Waals surface area contributed by atoms with Crippen LogP contribution in [-0.2, 0) is 23.7 Å². The first kappa shape index (κ1) is 14.9. The van der Waals surface area contributed by atoms with Gasteiger partial charge in [-0.15, -0.1) is 0 Å².